The number of hydrogen-bond donors (Lipinski definition) is 0. The summed E-state index contributed by atoms with van der Waals surface area (Å²) in [6, 6.07) is 12.3. The van der Waals surface area contributed by atoms with Gasteiger partial charge in [-0.1, -0.05) is 30.3 Å². The molecular weight excluding hydrogens is 272 g/mol. The van der Waals surface area contributed by atoms with Gasteiger partial charge in [-0.05, 0) is 25.7 Å². The minimum absolute atomic E-state index is 0. The standard InChI is InChI=1S/C15H20N4.ClH/c1-18(2)11-12-19(15-16-9-6-10-17-15)13-14-7-4-3-5-8-14;/h3-10H,11-13H2,1-2H3;1H. The Bertz CT molecular complexity index is 476. The van der Waals surface area contributed by atoms with Gasteiger partial charge in [-0.2, -0.15) is 0 Å². The van der Waals surface area contributed by atoms with Crippen molar-refractivity contribution in [1.82, 2.24) is 14.9 Å². The third kappa shape index (κ3) is 5.15. The molecule has 1 aromatic heterocycles. The van der Waals surface area contributed by atoms with E-state index in [0.29, 0.717) is 0 Å². The second kappa shape index (κ2) is 8.51. The first-order chi connectivity index (χ1) is 9.25. The van der Waals surface area contributed by atoms with E-state index in [-0.39, 0.29) is 12.4 Å². The summed E-state index contributed by atoms with van der Waals surface area (Å²) in [4.78, 5) is 13.1. The number of rotatable bonds is 6. The highest BCUT2D eigenvalue weighted by Crippen LogP contribution is 2.11. The smallest absolute Gasteiger partial charge is 0.225 e. The number of halogens is 1. The summed E-state index contributed by atoms with van der Waals surface area (Å²) in [5.41, 5.74) is 1.27. The Labute approximate surface area is 126 Å². The van der Waals surface area contributed by atoms with Crippen LogP contribution in [0.25, 0.3) is 0 Å². The molecule has 0 aliphatic rings. The fraction of sp³-hybridized carbons (Fsp3) is 0.333. The third-order valence-electron chi connectivity index (χ3n) is 2.87. The number of likely N-dealkylation sites (N-methyl/N-ethyl adjacent to an activating group) is 1. The minimum Gasteiger partial charge on any atom is -0.335 e. The fourth-order valence-corrected chi connectivity index (χ4v) is 1.83. The van der Waals surface area contributed by atoms with Crippen LogP contribution in [0.4, 0.5) is 5.95 Å². The quantitative estimate of drug-likeness (QED) is 0.819. The van der Waals surface area contributed by atoms with Gasteiger partial charge in [-0.15, -0.1) is 12.4 Å². The lowest BCUT2D eigenvalue weighted by Gasteiger charge is -2.24. The van der Waals surface area contributed by atoms with Gasteiger partial charge in [0.05, 0.1) is 0 Å². The molecule has 0 N–H and O–H groups in total. The molecule has 0 saturated heterocycles. The zero-order valence-corrected chi connectivity index (χ0v) is 12.8. The van der Waals surface area contributed by atoms with Crippen LogP contribution in [0.5, 0.6) is 0 Å². The summed E-state index contributed by atoms with van der Waals surface area (Å²) in [7, 11) is 4.15. The highest BCUT2D eigenvalue weighted by Gasteiger charge is 2.09. The summed E-state index contributed by atoms with van der Waals surface area (Å²) in [6.07, 6.45) is 3.58. The van der Waals surface area contributed by atoms with Crippen molar-refractivity contribution in [1.29, 1.82) is 0 Å². The van der Waals surface area contributed by atoms with Crippen LogP contribution in [0, 0.1) is 0 Å². The summed E-state index contributed by atoms with van der Waals surface area (Å²) >= 11 is 0. The SMILES string of the molecule is CN(C)CCN(Cc1ccccc1)c1ncccn1.Cl. The number of hydrogen-bond acceptors (Lipinski definition) is 4. The first-order valence-corrected chi connectivity index (χ1v) is 6.46. The Kier molecular flexibility index (Phi) is 6.98. The van der Waals surface area contributed by atoms with Gasteiger partial charge >= 0.3 is 0 Å². The van der Waals surface area contributed by atoms with Gasteiger partial charge in [0.25, 0.3) is 0 Å². The van der Waals surface area contributed by atoms with E-state index in [1.807, 2.05) is 12.1 Å². The molecule has 0 saturated carbocycles. The Hall–Kier alpha value is -1.65. The van der Waals surface area contributed by atoms with Gasteiger partial charge in [0.15, 0.2) is 0 Å². The third-order valence-corrected chi connectivity index (χ3v) is 2.87. The van der Waals surface area contributed by atoms with Crippen molar-refractivity contribution in [2.24, 2.45) is 0 Å². The van der Waals surface area contributed by atoms with Gasteiger partial charge < -0.3 is 9.80 Å². The molecule has 0 atom stereocenters. The first-order valence-electron chi connectivity index (χ1n) is 6.46. The molecule has 0 unspecified atom stereocenters. The minimum atomic E-state index is 0. The van der Waals surface area contributed by atoms with Crippen molar-refractivity contribution in [3.63, 3.8) is 0 Å². The van der Waals surface area contributed by atoms with Gasteiger partial charge in [0.1, 0.15) is 0 Å². The maximum atomic E-state index is 4.35. The molecule has 0 aliphatic carbocycles. The van der Waals surface area contributed by atoms with E-state index in [1.54, 1.807) is 12.4 Å². The maximum absolute atomic E-state index is 4.35. The molecule has 4 nitrogen and oxygen atoms in total. The molecule has 0 amide bonds. The monoisotopic (exact) mass is 292 g/mol. The summed E-state index contributed by atoms with van der Waals surface area (Å²) in [6.45, 7) is 2.72. The summed E-state index contributed by atoms with van der Waals surface area (Å²) in [5, 5.41) is 0. The molecule has 0 fully saturated rings. The van der Waals surface area contributed by atoms with Crippen LogP contribution in [0.3, 0.4) is 0 Å². The van der Waals surface area contributed by atoms with Crippen LogP contribution < -0.4 is 4.90 Å². The van der Waals surface area contributed by atoms with E-state index >= 15 is 0 Å². The summed E-state index contributed by atoms with van der Waals surface area (Å²) in [5.74, 6) is 0.785. The topological polar surface area (TPSA) is 32.3 Å². The molecule has 0 bridgehead atoms. The molecule has 20 heavy (non-hydrogen) atoms. The van der Waals surface area contributed by atoms with Gasteiger partial charge in [0.2, 0.25) is 5.95 Å². The predicted molar refractivity (Wildman–Crippen MR) is 85.3 cm³/mol. The summed E-state index contributed by atoms with van der Waals surface area (Å²) < 4.78 is 0. The van der Waals surface area contributed by atoms with Crippen LogP contribution in [0.1, 0.15) is 5.56 Å². The molecule has 0 spiro atoms. The van der Waals surface area contributed by atoms with Crippen molar-refractivity contribution < 1.29 is 0 Å². The molecule has 0 radical (unpaired) electrons. The van der Waals surface area contributed by atoms with Crippen LogP contribution in [-0.2, 0) is 6.54 Å². The van der Waals surface area contributed by atoms with E-state index in [2.05, 4.69) is 58.1 Å². The number of anilines is 1. The van der Waals surface area contributed by atoms with E-state index in [0.717, 1.165) is 25.6 Å². The second-order valence-corrected chi connectivity index (χ2v) is 4.76. The Morgan fingerprint density at radius 2 is 1.55 bits per heavy atom. The number of benzene rings is 1. The second-order valence-electron chi connectivity index (χ2n) is 4.76. The average molecular weight is 293 g/mol. The molecule has 108 valence electrons. The zero-order valence-electron chi connectivity index (χ0n) is 11.9. The van der Waals surface area contributed by atoms with Gasteiger partial charge in [-0.25, -0.2) is 9.97 Å². The van der Waals surface area contributed by atoms with Gasteiger partial charge in [-0.3, -0.25) is 0 Å². The normalized spacial score (nSPS) is 10.2. The lowest BCUT2D eigenvalue weighted by Crippen LogP contribution is -2.32. The Morgan fingerprint density at radius 3 is 2.15 bits per heavy atom. The molecule has 5 heteroatoms. The first kappa shape index (κ1) is 16.4. The highest BCUT2D eigenvalue weighted by molar-refractivity contribution is 5.85. The number of aromatic nitrogens is 2. The van der Waals surface area contributed by atoms with E-state index < -0.39 is 0 Å². The van der Waals surface area contributed by atoms with Crippen molar-refractivity contribution in [3.05, 3.63) is 54.4 Å². The van der Waals surface area contributed by atoms with E-state index in [1.165, 1.54) is 5.56 Å². The van der Waals surface area contributed by atoms with Crippen LogP contribution in [-0.4, -0.2) is 42.1 Å². The largest absolute Gasteiger partial charge is 0.335 e. The Balaban J connectivity index is 0.00000200. The molecule has 2 rings (SSSR count). The highest BCUT2D eigenvalue weighted by atomic mass is 35.5. The van der Waals surface area contributed by atoms with Crippen molar-refractivity contribution in [2.45, 2.75) is 6.54 Å². The number of nitrogens with zero attached hydrogens (tertiary/aromatic N) is 4. The van der Waals surface area contributed by atoms with Crippen molar-refractivity contribution in [3.8, 4) is 0 Å². The average Bonchev–Trinajstić information content (AvgIpc) is 2.45. The molecule has 0 aliphatic heterocycles. The van der Waals surface area contributed by atoms with Crippen LogP contribution in [0.15, 0.2) is 48.8 Å². The maximum Gasteiger partial charge on any atom is 0.225 e. The van der Waals surface area contributed by atoms with Crippen molar-refractivity contribution >= 4 is 18.4 Å². The molecule has 1 aromatic carbocycles. The van der Waals surface area contributed by atoms with Gasteiger partial charge in [0, 0.05) is 32.0 Å². The van der Waals surface area contributed by atoms with Crippen LogP contribution >= 0.6 is 12.4 Å². The lowest BCUT2D eigenvalue weighted by molar-refractivity contribution is 0.411. The molecule has 2 aromatic rings. The van der Waals surface area contributed by atoms with Crippen molar-refractivity contribution in [2.75, 3.05) is 32.1 Å². The Morgan fingerprint density at radius 1 is 0.900 bits per heavy atom. The fourth-order valence-electron chi connectivity index (χ4n) is 1.83. The van der Waals surface area contributed by atoms with E-state index in [4.69, 9.17) is 0 Å². The van der Waals surface area contributed by atoms with E-state index in [9.17, 15) is 0 Å². The molecular formula is C15H21ClN4. The lowest BCUT2D eigenvalue weighted by atomic mass is 10.2. The predicted octanol–water partition coefficient (Wildman–Crippen LogP) is 2.47. The molecule has 1 heterocycles. The zero-order chi connectivity index (χ0) is 13.5. The van der Waals surface area contributed by atoms with Crippen LogP contribution in [0.2, 0.25) is 0 Å².